The average Bonchev–Trinajstić information content (AvgIpc) is 3.18. The number of hydrogen-bond donors (Lipinski definition) is 1. The molecular formula is C22H21NO6. The number of benzene rings is 2. The number of amides is 1. The van der Waals surface area contributed by atoms with Crippen molar-refractivity contribution in [3.63, 3.8) is 0 Å². The Hall–Kier alpha value is -3.48. The molecule has 150 valence electrons. The van der Waals surface area contributed by atoms with Crippen molar-refractivity contribution in [3.05, 3.63) is 64.0 Å². The van der Waals surface area contributed by atoms with Crippen LogP contribution < -0.4 is 25.2 Å². The summed E-state index contributed by atoms with van der Waals surface area (Å²) in [5.41, 5.74) is 1.92. The molecule has 0 radical (unpaired) electrons. The molecule has 2 aromatic carbocycles. The van der Waals surface area contributed by atoms with Gasteiger partial charge in [-0.3, -0.25) is 4.79 Å². The van der Waals surface area contributed by atoms with Gasteiger partial charge in [-0.25, -0.2) is 4.79 Å². The summed E-state index contributed by atoms with van der Waals surface area (Å²) in [5, 5.41) is 3.68. The molecule has 0 saturated heterocycles. The first kappa shape index (κ1) is 18.9. The Morgan fingerprint density at radius 2 is 1.97 bits per heavy atom. The summed E-state index contributed by atoms with van der Waals surface area (Å²) in [4.78, 5) is 23.9. The fourth-order valence-electron chi connectivity index (χ4n) is 3.23. The molecule has 7 heteroatoms. The summed E-state index contributed by atoms with van der Waals surface area (Å²) in [7, 11) is 0. The van der Waals surface area contributed by atoms with Gasteiger partial charge in [-0.2, -0.15) is 0 Å². The second kappa shape index (κ2) is 8.26. The van der Waals surface area contributed by atoms with E-state index in [1.54, 1.807) is 12.1 Å². The molecule has 0 bridgehead atoms. The second-order valence-electron chi connectivity index (χ2n) is 6.75. The van der Waals surface area contributed by atoms with Crippen LogP contribution in [0.4, 0.5) is 0 Å². The number of ether oxygens (including phenoxy) is 3. The van der Waals surface area contributed by atoms with E-state index in [9.17, 15) is 9.59 Å². The van der Waals surface area contributed by atoms with Crippen LogP contribution in [0.15, 0.2) is 51.7 Å². The van der Waals surface area contributed by atoms with Crippen LogP contribution in [0.1, 0.15) is 24.5 Å². The largest absolute Gasteiger partial charge is 0.484 e. The highest BCUT2D eigenvalue weighted by Gasteiger charge is 2.13. The summed E-state index contributed by atoms with van der Waals surface area (Å²) in [6, 6.07) is 12.3. The van der Waals surface area contributed by atoms with Crippen LogP contribution in [0.3, 0.4) is 0 Å². The van der Waals surface area contributed by atoms with Gasteiger partial charge in [0.05, 0.1) is 0 Å². The third-order valence-electron chi connectivity index (χ3n) is 4.62. The van der Waals surface area contributed by atoms with Crippen LogP contribution in [0.2, 0.25) is 0 Å². The standard InChI is InChI=1S/C22H21NO6/c1-2-3-15-9-22(25)29-19-10-16(5-6-17(15)19)26-12-21(24)23-11-14-4-7-18-20(8-14)28-13-27-18/h4-10H,2-3,11-13H2,1H3,(H,23,24). The molecule has 0 aliphatic carbocycles. The van der Waals surface area contributed by atoms with E-state index in [1.807, 2.05) is 24.3 Å². The monoisotopic (exact) mass is 395 g/mol. The van der Waals surface area contributed by atoms with Gasteiger partial charge < -0.3 is 23.9 Å². The van der Waals surface area contributed by atoms with Crippen molar-refractivity contribution in [1.29, 1.82) is 0 Å². The van der Waals surface area contributed by atoms with Crippen molar-refractivity contribution in [2.24, 2.45) is 0 Å². The molecule has 1 N–H and O–H groups in total. The number of carbonyl (C=O) groups is 1. The molecule has 1 aromatic heterocycles. The number of nitrogens with one attached hydrogen (secondary N) is 1. The molecule has 7 nitrogen and oxygen atoms in total. The zero-order chi connectivity index (χ0) is 20.2. The molecule has 3 aromatic rings. The molecule has 29 heavy (non-hydrogen) atoms. The quantitative estimate of drug-likeness (QED) is 0.619. The van der Waals surface area contributed by atoms with Gasteiger partial charge in [0, 0.05) is 24.1 Å². The van der Waals surface area contributed by atoms with Crippen molar-refractivity contribution >= 4 is 16.9 Å². The van der Waals surface area contributed by atoms with Gasteiger partial charge in [-0.15, -0.1) is 0 Å². The summed E-state index contributed by atoms with van der Waals surface area (Å²) >= 11 is 0. The molecule has 0 atom stereocenters. The maximum Gasteiger partial charge on any atom is 0.336 e. The van der Waals surface area contributed by atoms with Crippen LogP contribution in [-0.2, 0) is 17.8 Å². The normalized spacial score (nSPS) is 12.2. The van der Waals surface area contributed by atoms with Crippen molar-refractivity contribution in [2.45, 2.75) is 26.3 Å². The van der Waals surface area contributed by atoms with E-state index in [4.69, 9.17) is 18.6 Å². The van der Waals surface area contributed by atoms with E-state index >= 15 is 0 Å². The molecule has 1 amide bonds. The molecule has 0 unspecified atom stereocenters. The first-order valence-corrected chi connectivity index (χ1v) is 9.47. The molecule has 0 spiro atoms. The van der Waals surface area contributed by atoms with Gasteiger partial charge >= 0.3 is 5.63 Å². The predicted molar refractivity (Wildman–Crippen MR) is 106 cm³/mol. The first-order chi connectivity index (χ1) is 14.1. The molecule has 4 rings (SSSR count). The van der Waals surface area contributed by atoms with Crippen molar-refractivity contribution in [1.82, 2.24) is 5.32 Å². The van der Waals surface area contributed by atoms with Crippen LogP contribution in [0.25, 0.3) is 11.0 Å². The molecule has 2 heterocycles. The smallest absolute Gasteiger partial charge is 0.336 e. The van der Waals surface area contributed by atoms with Crippen LogP contribution in [0.5, 0.6) is 17.2 Å². The lowest BCUT2D eigenvalue weighted by Gasteiger charge is -2.09. The van der Waals surface area contributed by atoms with Gasteiger partial charge in [0.2, 0.25) is 6.79 Å². The Bertz CT molecular complexity index is 1100. The highest BCUT2D eigenvalue weighted by molar-refractivity contribution is 5.82. The van der Waals surface area contributed by atoms with E-state index in [2.05, 4.69) is 12.2 Å². The SMILES string of the molecule is CCCc1cc(=O)oc2cc(OCC(=O)NCc3ccc4c(c3)OCO4)ccc12. The van der Waals surface area contributed by atoms with Gasteiger partial charge in [0.25, 0.3) is 5.91 Å². The number of fused-ring (bicyclic) bond motifs is 2. The highest BCUT2D eigenvalue weighted by atomic mass is 16.7. The number of aryl methyl sites for hydroxylation is 1. The topological polar surface area (TPSA) is 87.0 Å². The zero-order valence-corrected chi connectivity index (χ0v) is 16.0. The molecule has 1 aliphatic heterocycles. The summed E-state index contributed by atoms with van der Waals surface area (Å²) in [6.07, 6.45) is 1.73. The van der Waals surface area contributed by atoms with Gasteiger partial charge in [-0.1, -0.05) is 19.4 Å². The molecule has 0 fully saturated rings. The van der Waals surface area contributed by atoms with Gasteiger partial charge in [-0.05, 0) is 41.8 Å². The zero-order valence-electron chi connectivity index (χ0n) is 16.0. The summed E-state index contributed by atoms with van der Waals surface area (Å²) < 4.78 is 21.4. The molecular weight excluding hydrogens is 374 g/mol. The van der Waals surface area contributed by atoms with Crippen LogP contribution >= 0.6 is 0 Å². The fraction of sp³-hybridized carbons (Fsp3) is 0.273. The molecule has 1 aliphatic rings. The first-order valence-electron chi connectivity index (χ1n) is 9.47. The van der Waals surface area contributed by atoms with Gasteiger partial charge in [0.15, 0.2) is 18.1 Å². The minimum atomic E-state index is -0.389. The van der Waals surface area contributed by atoms with E-state index < -0.39 is 0 Å². The Balaban J connectivity index is 1.36. The van der Waals surface area contributed by atoms with Crippen molar-refractivity contribution < 1.29 is 23.4 Å². The number of rotatable bonds is 7. The summed E-state index contributed by atoms with van der Waals surface area (Å²) in [5.74, 6) is 1.58. The second-order valence-corrected chi connectivity index (χ2v) is 6.75. The van der Waals surface area contributed by atoms with E-state index in [0.717, 1.165) is 29.4 Å². The third kappa shape index (κ3) is 4.34. The van der Waals surface area contributed by atoms with E-state index in [0.29, 0.717) is 29.4 Å². The number of hydrogen-bond acceptors (Lipinski definition) is 6. The lowest BCUT2D eigenvalue weighted by molar-refractivity contribution is -0.123. The minimum Gasteiger partial charge on any atom is -0.484 e. The maximum atomic E-state index is 12.1. The third-order valence-corrected chi connectivity index (χ3v) is 4.62. The Kier molecular flexibility index (Phi) is 5.37. The van der Waals surface area contributed by atoms with E-state index in [-0.39, 0.29) is 24.9 Å². The lowest BCUT2D eigenvalue weighted by Crippen LogP contribution is -2.28. The predicted octanol–water partition coefficient (Wildman–Crippen LogP) is 3.17. The average molecular weight is 395 g/mol. The Morgan fingerprint density at radius 1 is 1.10 bits per heavy atom. The van der Waals surface area contributed by atoms with Crippen LogP contribution in [-0.4, -0.2) is 19.3 Å². The maximum absolute atomic E-state index is 12.1. The minimum absolute atomic E-state index is 0.144. The fourth-order valence-corrected chi connectivity index (χ4v) is 3.23. The van der Waals surface area contributed by atoms with Crippen molar-refractivity contribution in [2.75, 3.05) is 13.4 Å². The van der Waals surface area contributed by atoms with Crippen molar-refractivity contribution in [3.8, 4) is 17.2 Å². The lowest BCUT2D eigenvalue weighted by atomic mass is 10.1. The summed E-state index contributed by atoms with van der Waals surface area (Å²) in [6.45, 7) is 2.48. The Labute approximate surface area is 167 Å². The Morgan fingerprint density at radius 3 is 2.83 bits per heavy atom. The molecule has 0 saturated carbocycles. The highest BCUT2D eigenvalue weighted by Crippen LogP contribution is 2.32. The number of carbonyl (C=O) groups excluding carboxylic acids is 1. The van der Waals surface area contributed by atoms with E-state index in [1.165, 1.54) is 6.07 Å². The van der Waals surface area contributed by atoms with Gasteiger partial charge in [0.1, 0.15) is 11.3 Å². The van der Waals surface area contributed by atoms with Crippen LogP contribution in [0, 0.1) is 0 Å².